The molecule has 0 aromatic heterocycles. The maximum absolute atomic E-state index is 11.0. The lowest BCUT2D eigenvalue weighted by Gasteiger charge is -2.15. The Morgan fingerprint density at radius 1 is 1.21 bits per heavy atom. The van der Waals surface area contributed by atoms with Crippen molar-refractivity contribution >= 4 is 6.29 Å². The predicted octanol–water partition coefficient (Wildman–Crippen LogP) is 3.33. The minimum atomic E-state index is 0.402. The smallest absolute Gasteiger partial charge is 0.157 e. The fourth-order valence-corrected chi connectivity index (χ4v) is 1.93. The Hall–Kier alpha value is -1.71. The lowest BCUT2D eigenvalue weighted by molar-refractivity contribution is 0.111. The van der Waals surface area contributed by atoms with Crippen LogP contribution in [0.25, 0.3) is 0 Å². The highest BCUT2D eigenvalue weighted by atomic mass is 16.5. The maximum atomic E-state index is 11.0. The molecular formula is C15H22O4. The largest absolute Gasteiger partial charge is 0.496 e. The molecule has 0 radical (unpaired) electrons. The van der Waals surface area contributed by atoms with Gasteiger partial charge in [0, 0.05) is 12.1 Å². The highest BCUT2D eigenvalue weighted by molar-refractivity contribution is 5.84. The van der Waals surface area contributed by atoms with Gasteiger partial charge in [-0.2, -0.15) is 0 Å². The summed E-state index contributed by atoms with van der Waals surface area (Å²) in [6, 6.07) is 3.43. The van der Waals surface area contributed by atoms with Gasteiger partial charge in [0.1, 0.15) is 17.2 Å². The second-order valence-electron chi connectivity index (χ2n) is 4.56. The van der Waals surface area contributed by atoms with Crippen molar-refractivity contribution in [3.8, 4) is 17.2 Å². The highest BCUT2D eigenvalue weighted by Gasteiger charge is 2.13. The third-order valence-corrected chi connectivity index (χ3v) is 2.95. The van der Waals surface area contributed by atoms with Crippen molar-refractivity contribution in [1.29, 1.82) is 0 Å². The van der Waals surface area contributed by atoms with E-state index in [0.29, 0.717) is 35.3 Å². The Balaban J connectivity index is 2.87. The molecule has 106 valence electrons. The zero-order valence-electron chi connectivity index (χ0n) is 12.1. The van der Waals surface area contributed by atoms with Crippen molar-refractivity contribution < 1.29 is 19.0 Å². The zero-order valence-corrected chi connectivity index (χ0v) is 12.1. The zero-order chi connectivity index (χ0) is 14.3. The molecule has 0 aliphatic carbocycles. The molecule has 0 saturated carbocycles. The molecule has 4 nitrogen and oxygen atoms in total. The van der Waals surface area contributed by atoms with Crippen LogP contribution in [0.5, 0.6) is 17.2 Å². The van der Waals surface area contributed by atoms with Crippen LogP contribution in [0.2, 0.25) is 0 Å². The SMILES string of the molecule is CCCC(C)COc1cc(OC)c(C=O)c(OC)c1. The van der Waals surface area contributed by atoms with Gasteiger partial charge in [-0.25, -0.2) is 0 Å². The molecule has 1 atom stereocenters. The third kappa shape index (κ3) is 4.16. The van der Waals surface area contributed by atoms with Gasteiger partial charge in [0.15, 0.2) is 6.29 Å². The molecule has 1 aromatic rings. The van der Waals surface area contributed by atoms with Gasteiger partial charge in [0.2, 0.25) is 0 Å². The molecule has 0 amide bonds. The van der Waals surface area contributed by atoms with Gasteiger partial charge in [-0.1, -0.05) is 20.3 Å². The van der Waals surface area contributed by atoms with Crippen molar-refractivity contribution in [3.63, 3.8) is 0 Å². The van der Waals surface area contributed by atoms with Crippen molar-refractivity contribution in [2.24, 2.45) is 5.92 Å². The van der Waals surface area contributed by atoms with E-state index in [9.17, 15) is 4.79 Å². The minimum absolute atomic E-state index is 0.402. The number of ether oxygens (including phenoxy) is 3. The van der Waals surface area contributed by atoms with Gasteiger partial charge in [-0.15, -0.1) is 0 Å². The third-order valence-electron chi connectivity index (χ3n) is 2.95. The highest BCUT2D eigenvalue weighted by Crippen LogP contribution is 2.32. The van der Waals surface area contributed by atoms with E-state index in [1.54, 1.807) is 12.1 Å². The summed E-state index contributed by atoms with van der Waals surface area (Å²) in [6.07, 6.45) is 2.99. The molecule has 0 bridgehead atoms. The molecule has 1 aromatic carbocycles. The van der Waals surface area contributed by atoms with Gasteiger partial charge < -0.3 is 14.2 Å². The van der Waals surface area contributed by atoms with Crippen LogP contribution in [0.4, 0.5) is 0 Å². The first-order chi connectivity index (χ1) is 9.15. The molecular weight excluding hydrogens is 244 g/mol. The molecule has 0 aliphatic rings. The number of methoxy groups -OCH3 is 2. The van der Waals surface area contributed by atoms with E-state index < -0.39 is 0 Å². The number of benzene rings is 1. The Labute approximate surface area is 114 Å². The Morgan fingerprint density at radius 3 is 2.21 bits per heavy atom. The van der Waals surface area contributed by atoms with Crippen molar-refractivity contribution in [2.45, 2.75) is 26.7 Å². The summed E-state index contributed by atoms with van der Waals surface area (Å²) in [5.41, 5.74) is 0.402. The van der Waals surface area contributed by atoms with Crippen molar-refractivity contribution in [3.05, 3.63) is 17.7 Å². The number of aldehydes is 1. The molecule has 0 aliphatic heterocycles. The normalized spacial score (nSPS) is 11.8. The molecule has 0 N–H and O–H groups in total. The number of hydrogen-bond acceptors (Lipinski definition) is 4. The molecule has 4 heteroatoms. The molecule has 0 saturated heterocycles. The van der Waals surface area contributed by atoms with Crippen LogP contribution in [0, 0.1) is 5.92 Å². The summed E-state index contributed by atoms with van der Waals surface area (Å²) >= 11 is 0. The average Bonchev–Trinajstić information content (AvgIpc) is 2.44. The fraction of sp³-hybridized carbons (Fsp3) is 0.533. The maximum Gasteiger partial charge on any atom is 0.157 e. The van der Waals surface area contributed by atoms with Crippen molar-refractivity contribution in [2.75, 3.05) is 20.8 Å². The molecule has 0 spiro atoms. The van der Waals surface area contributed by atoms with E-state index in [2.05, 4.69) is 13.8 Å². The second-order valence-corrected chi connectivity index (χ2v) is 4.56. The summed E-state index contributed by atoms with van der Waals surface area (Å²) in [7, 11) is 3.04. The first kappa shape index (κ1) is 15.3. The van der Waals surface area contributed by atoms with Crippen LogP contribution in [0.1, 0.15) is 37.0 Å². The summed E-state index contributed by atoms with van der Waals surface area (Å²) in [6.45, 7) is 4.94. The van der Waals surface area contributed by atoms with Crippen LogP contribution in [-0.2, 0) is 0 Å². The monoisotopic (exact) mass is 266 g/mol. The summed E-state index contributed by atoms with van der Waals surface area (Å²) < 4.78 is 16.1. The average molecular weight is 266 g/mol. The van der Waals surface area contributed by atoms with E-state index in [4.69, 9.17) is 14.2 Å². The second kappa shape index (κ2) is 7.67. The molecule has 1 rings (SSSR count). The minimum Gasteiger partial charge on any atom is -0.496 e. The molecule has 1 unspecified atom stereocenters. The molecule has 19 heavy (non-hydrogen) atoms. The number of hydrogen-bond donors (Lipinski definition) is 0. The van der Waals surface area contributed by atoms with Crippen LogP contribution in [0.15, 0.2) is 12.1 Å². The quantitative estimate of drug-likeness (QED) is 0.677. The van der Waals surface area contributed by atoms with Crippen LogP contribution in [-0.4, -0.2) is 27.1 Å². The topological polar surface area (TPSA) is 44.8 Å². The van der Waals surface area contributed by atoms with Gasteiger partial charge in [0.05, 0.1) is 26.4 Å². The predicted molar refractivity (Wildman–Crippen MR) is 74.5 cm³/mol. The summed E-state index contributed by atoms with van der Waals surface area (Å²) in [5, 5.41) is 0. The number of carbonyl (C=O) groups excluding carboxylic acids is 1. The van der Waals surface area contributed by atoms with E-state index in [1.807, 2.05) is 0 Å². The number of carbonyl (C=O) groups is 1. The lowest BCUT2D eigenvalue weighted by atomic mass is 10.1. The number of rotatable bonds is 8. The van der Waals surface area contributed by atoms with Crippen LogP contribution < -0.4 is 14.2 Å². The van der Waals surface area contributed by atoms with E-state index in [-0.39, 0.29) is 0 Å². The molecule has 0 fully saturated rings. The Bertz CT molecular complexity index is 390. The molecule has 0 heterocycles. The van der Waals surface area contributed by atoms with Crippen molar-refractivity contribution in [1.82, 2.24) is 0 Å². The van der Waals surface area contributed by atoms with Gasteiger partial charge in [-0.3, -0.25) is 4.79 Å². The summed E-state index contributed by atoms with van der Waals surface area (Å²) in [5.74, 6) is 2.08. The Morgan fingerprint density at radius 2 is 1.79 bits per heavy atom. The fourth-order valence-electron chi connectivity index (χ4n) is 1.93. The van der Waals surface area contributed by atoms with E-state index in [1.165, 1.54) is 14.2 Å². The first-order valence-electron chi connectivity index (χ1n) is 6.50. The summed E-state index contributed by atoms with van der Waals surface area (Å²) in [4.78, 5) is 11.0. The van der Waals surface area contributed by atoms with Gasteiger partial charge in [-0.05, 0) is 12.3 Å². The van der Waals surface area contributed by atoms with Gasteiger partial charge >= 0.3 is 0 Å². The van der Waals surface area contributed by atoms with Crippen LogP contribution in [0.3, 0.4) is 0 Å². The van der Waals surface area contributed by atoms with E-state index >= 15 is 0 Å². The standard InChI is InChI=1S/C15H22O4/c1-5-6-11(2)10-19-12-7-14(17-3)13(9-16)15(8-12)18-4/h7-9,11H,5-6,10H2,1-4H3. The van der Waals surface area contributed by atoms with Gasteiger partial charge in [0.25, 0.3) is 0 Å². The van der Waals surface area contributed by atoms with Crippen LogP contribution >= 0.6 is 0 Å². The lowest BCUT2D eigenvalue weighted by Crippen LogP contribution is -2.08. The Kier molecular flexibility index (Phi) is 6.19. The van der Waals surface area contributed by atoms with E-state index in [0.717, 1.165) is 19.1 Å². The first-order valence-corrected chi connectivity index (χ1v) is 6.50.